The SMILES string of the molecule is Clc1ccc(Oc2ccc(Cl)cc2OCc2cn(-c3ccc(Cl)c(Cl)c3)nn2)c(Cl)c1. The van der Waals surface area contributed by atoms with Crippen molar-refractivity contribution in [1.29, 1.82) is 0 Å². The fourth-order valence-corrected chi connectivity index (χ4v) is 3.53. The lowest BCUT2D eigenvalue weighted by Crippen LogP contribution is -1.98. The summed E-state index contributed by atoms with van der Waals surface area (Å²) in [5.74, 6) is 1.29. The quantitative estimate of drug-likeness (QED) is 0.262. The molecule has 0 spiro atoms. The zero-order valence-corrected chi connectivity index (χ0v) is 19.3. The Labute approximate surface area is 203 Å². The van der Waals surface area contributed by atoms with Gasteiger partial charge in [0.25, 0.3) is 0 Å². The van der Waals surface area contributed by atoms with Gasteiger partial charge in [-0.2, -0.15) is 0 Å². The van der Waals surface area contributed by atoms with Crippen molar-refractivity contribution in [3.05, 3.63) is 91.6 Å². The summed E-state index contributed by atoms with van der Waals surface area (Å²) in [5, 5.41) is 10.5. The van der Waals surface area contributed by atoms with Crippen LogP contribution >= 0.6 is 58.0 Å². The van der Waals surface area contributed by atoms with Gasteiger partial charge in [-0.25, -0.2) is 4.68 Å². The molecule has 0 aliphatic carbocycles. The van der Waals surface area contributed by atoms with Gasteiger partial charge in [0.05, 0.1) is 27.0 Å². The van der Waals surface area contributed by atoms with Crippen molar-refractivity contribution in [3.8, 4) is 22.9 Å². The van der Waals surface area contributed by atoms with Gasteiger partial charge in [0.1, 0.15) is 18.1 Å². The fourth-order valence-electron chi connectivity index (χ4n) is 2.63. The van der Waals surface area contributed by atoms with E-state index in [0.717, 1.165) is 5.69 Å². The van der Waals surface area contributed by atoms with Crippen LogP contribution in [0, 0.1) is 0 Å². The van der Waals surface area contributed by atoms with Crippen LogP contribution in [0.3, 0.4) is 0 Å². The number of halogens is 5. The highest BCUT2D eigenvalue weighted by atomic mass is 35.5. The third-order valence-corrected chi connectivity index (χ3v) is 5.61. The second kappa shape index (κ2) is 9.55. The van der Waals surface area contributed by atoms with Crippen LogP contribution in [0.4, 0.5) is 0 Å². The molecule has 4 rings (SSSR count). The molecule has 0 aliphatic rings. The molecular weight excluding hydrogens is 504 g/mol. The molecule has 0 N–H and O–H groups in total. The molecule has 0 fully saturated rings. The van der Waals surface area contributed by atoms with Crippen molar-refractivity contribution in [2.45, 2.75) is 6.61 Å². The Morgan fingerprint density at radius 1 is 0.710 bits per heavy atom. The molecule has 0 unspecified atom stereocenters. The van der Waals surface area contributed by atoms with Gasteiger partial charge in [-0.3, -0.25) is 0 Å². The average molecular weight is 516 g/mol. The lowest BCUT2D eigenvalue weighted by Gasteiger charge is -2.13. The number of benzene rings is 3. The Bertz CT molecular complexity index is 1250. The summed E-state index contributed by atoms with van der Waals surface area (Å²) in [6.07, 6.45) is 1.72. The lowest BCUT2D eigenvalue weighted by atomic mass is 10.3. The van der Waals surface area contributed by atoms with Crippen LogP contribution in [0.1, 0.15) is 5.69 Å². The van der Waals surface area contributed by atoms with E-state index in [0.29, 0.717) is 48.1 Å². The number of aromatic nitrogens is 3. The number of ether oxygens (including phenoxy) is 2. The summed E-state index contributed by atoms with van der Waals surface area (Å²) in [6, 6.07) is 15.1. The highest BCUT2D eigenvalue weighted by Crippen LogP contribution is 2.38. The van der Waals surface area contributed by atoms with Gasteiger partial charge in [0.2, 0.25) is 0 Å². The minimum absolute atomic E-state index is 0.131. The maximum atomic E-state index is 6.20. The van der Waals surface area contributed by atoms with Gasteiger partial charge >= 0.3 is 0 Å². The zero-order valence-electron chi connectivity index (χ0n) is 15.5. The normalized spacial score (nSPS) is 10.9. The molecule has 5 nitrogen and oxygen atoms in total. The Morgan fingerprint density at radius 2 is 1.45 bits per heavy atom. The summed E-state index contributed by atoms with van der Waals surface area (Å²) in [6.45, 7) is 0.131. The molecule has 0 saturated carbocycles. The van der Waals surface area contributed by atoms with Crippen molar-refractivity contribution >= 4 is 58.0 Å². The monoisotopic (exact) mass is 513 g/mol. The Hall–Kier alpha value is -2.15. The third-order valence-electron chi connectivity index (χ3n) is 4.10. The summed E-state index contributed by atoms with van der Waals surface area (Å²) in [7, 11) is 0. The predicted molar refractivity (Wildman–Crippen MR) is 124 cm³/mol. The van der Waals surface area contributed by atoms with Crippen molar-refractivity contribution < 1.29 is 9.47 Å². The molecule has 4 aromatic rings. The van der Waals surface area contributed by atoms with E-state index in [1.54, 1.807) is 65.5 Å². The first-order valence-corrected chi connectivity index (χ1v) is 10.7. The van der Waals surface area contributed by atoms with E-state index < -0.39 is 0 Å². The number of hydrogen-bond acceptors (Lipinski definition) is 4. The maximum Gasteiger partial charge on any atom is 0.169 e. The van der Waals surface area contributed by atoms with Crippen molar-refractivity contribution in [2.24, 2.45) is 0 Å². The van der Waals surface area contributed by atoms with E-state index in [9.17, 15) is 0 Å². The molecule has 10 heteroatoms. The van der Waals surface area contributed by atoms with Crippen LogP contribution in [-0.4, -0.2) is 15.0 Å². The molecule has 0 aliphatic heterocycles. The van der Waals surface area contributed by atoms with Gasteiger partial charge in [-0.15, -0.1) is 5.10 Å². The number of hydrogen-bond donors (Lipinski definition) is 0. The smallest absolute Gasteiger partial charge is 0.169 e. The van der Waals surface area contributed by atoms with E-state index in [2.05, 4.69) is 10.3 Å². The van der Waals surface area contributed by atoms with E-state index in [-0.39, 0.29) is 6.61 Å². The van der Waals surface area contributed by atoms with Gasteiger partial charge in [0, 0.05) is 16.1 Å². The first kappa shape index (κ1) is 22.1. The first-order valence-electron chi connectivity index (χ1n) is 8.81. The number of nitrogens with zero attached hydrogens (tertiary/aromatic N) is 3. The highest BCUT2D eigenvalue weighted by Gasteiger charge is 2.12. The molecule has 0 saturated heterocycles. The van der Waals surface area contributed by atoms with Crippen LogP contribution in [0.5, 0.6) is 17.2 Å². The fraction of sp³-hybridized carbons (Fsp3) is 0.0476. The minimum atomic E-state index is 0.131. The topological polar surface area (TPSA) is 49.2 Å². The second-order valence-electron chi connectivity index (χ2n) is 6.31. The zero-order chi connectivity index (χ0) is 22.0. The molecule has 0 radical (unpaired) electrons. The molecule has 31 heavy (non-hydrogen) atoms. The molecule has 1 heterocycles. The minimum Gasteiger partial charge on any atom is -0.483 e. The van der Waals surface area contributed by atoms with E-state index in [1.165, 1.54) is 0 Å². The second-order valence-corrected chi connectivity index (χ2v) is 8.40. The molecule has 158 valence electrons. The van der Waals surface area contributed by atoms with Crippen LogP contribution < -0.4 is 9.47 Å². The van der Waals surface area contributed by atoms with Crippen molar-refractivity contribution in [3.63, 3.8) is 0 Å². The van der Waals surface area contributed by atoms with Gasteiger partial charge in [-0.05, 0) is 48.5 Å². The van der Waals surface area contributed by atoms with Crippen molar-refractivity contribution in [2.75, 3.05) is 0 Å². The van der Waals surface area contributed by atoms with Crippen LogP contribution in [-0.2, 0) is 6.61 Å². The Kier molecular flexibility index (Phi) is 6.80. The van der Waals surface area contributed by atoms with Gasteiger partial charge < -0.3 is 9.47 Å². The largest absolute Gasteiger partial charge is 0.483 e. The van der Waals surface area contributed by atoms with Crippen LogP contribution in [0.2, 0.25) is 25.1 Å². The summed E-state index contributed by atoms with van der Waals surface area (Å²) < 4.78 is 13.4. The standard InChI is InChI=1S/C21H12Cl5N3O2/c22-12-1-5-19(18(26)7-12)31-20-6-2-13(23)8-21(20)30-11-14-10-29(28-27-14)15-3-4-16(24)17(25)9-15/h1-10H,11H2. The highest BCUT2D eigenvalue weighted by molar-refractivity contribution is 6.42. The molecular formula is C21H12Cl5N3O2. The number of rotatable bonds is 6. The molecule has 0 atom stereocenters. The molecule has 3 aromatic carbocycles. The summed E-state index contributed by atoms with van der Waals surface area (Å²) in [5.41, 5.74) is 1.30. The van der Waals surface area contributed by atoms with E-state index in [1.807, 2.05) is 0 Å². The van der Waals surface area contributed by atoms with Gasteiger partial charge in [-0.1, -0.05) is 63.2 Å². The third kappa shape index (κ3) is 5.37. The molecule has 0 amide bonds. The van der Waals surface area contributed by atoms with E-state index in [4.69, 9.17) is 67.5 Å². The summed E-state index contributed by atoms with van der Waals surface area (Å²) >= 11 is 30.3. The van der Waals surface area contributed by atoms with Gasteiger partial charge in [0.15, 0.2) is 11.5 Å². The lowest BCUT2D eigenvalue weighted by molar-refractivity contribution is 0.287. The maximum absolute atomic E-state index is 6.20. The van der Waals surface area contributed by atoms with Crippen LogP contribution in [0.15, 0.2) is 60.8 Å². The molecule has 0 bridgehead atoms. The average Bonchev–Trinajstić information content (AvgIpc) is 3.21. The van der Waals surface area contributed by atoms with Crippen LogP contribution in [0.25, 0.3) is 5.69 Å². The first-order chi connectivity index (χ1) is 14.9. The molecule has 1 aromatic heterocycles. The summed E-state index contributed by atoms with van der Waals surface area (Å²) in [4.78, 5) is 0. The van der Waals surface area contributed by atoms with Crippen molar-refractivity contribution in [1.82, 2.24) is 15.0 Å². The Balaban J connectivity index is 1.51. The predicted octanol–water partition coefficient (Wildman–Crippen LogP) is 7.91. The van der Waals surface area contributed by atoms with E-state index >= 15 is 0 Å². The Morgan fingerprint density at radius 3 is 2.19 bits per heavy atom.